The van der Waals surface area contributed by atoms with Crippen molar-refractivity contribution in [2.24, 2.45) is 0 Å². The first kappa shape index (κ1) is 12.9. The fourth-order valence-electron chi connectivity index (χ4n) is 1.07. The van der Waals surface area contributed by atoms with Gasteiger partial charge in [-0.1, -0.05) is 6.07 Å². The lowest BCUT2D eigenvalue weighted by molar-refractivity contribution is 0.483. The Labute approximate surface area is 92.7 Å². The summed E-state index contributed by atoms with van der Waals surface area (Å²) in [5, 5.41) is 0. The molecule has 0 aliphatic carbocycles. The molecule has 0 aromatic heterocycles. The summed E-state index contributed by atoms with van der Waals surface area (Å²) in [6.07, 6.45) is 0. The van der Waals surface area contributed by atoms with Crippen molar-refractivity contribution in [1.82, 2.24) is 0 Å². The van der Waals surface area contributed by atoms with Crippen LogP contribution in [0.4, 0.5) is 5.69 Å². The average Bonchev–Trinajstić information content (AvgIpc) is 2.04. The largest absolute Gasteiger partial charge is 0.357 e. The van der Waals surface area contributed by atoms with E-state index in [4.69, 9.17) is 9.11 Å². The van der Waals surface area contributed by atoms with Gasteiger partial charge in [-0.15, -0.1) is 0 Å². The highest BCUT2D eigenvalue weighted by atomic mass is 32.2. The van der Waals surface area contributed by atoms with E-state index in [-0.39, 0.29) is 0 Å². The normalized spacial score (nSPS) is 12.4. The van der Waals surface area contributed by atoms with Gasteiger partial charge in [-0.05, 0) is 24.6 Å². The van der Waals surface area contributed by atoms with E-state index < -0.39 is 31.0 Å². The molecule has 0 fully saturated rings. The topological polar surface area (TPSA) is 121 Å². The van der Waals surface area contributed by atoms with E-state index >= 15 is 0 Å². The summed E-state index contributed by atoms with van der Waals surface area (Å²) in [5.74, 6) is 0. The first-order valence-corrected chi connectivity index (χ1v) is 6.81. The Morgan fingerprint density at radius 1 is 1.12 bits per heavy atom. The maximum Gasteiger partial charge on any atom is 0.357 e. The molecule has 1 rings (SSSR count). The summed E-state index contributed by atoms with van der Waals surface area (Å²) in [7, 11) is -9.16. The van der Waals surface area contributed by atoms with Crippen LogP contribution in [0.3, 0.4) is 0 Å². The predicted molar refractivity (Wildman–Crippen MR) is 56.2 cm³/mol. The monoisotopic (exact) mass is 267 g/mol. The molecular weight excluding hydrogens is 258 g/mol. The fourth-order valence-corrected chi connectivity index (χ4v) is 2.32. The molecule has 0 spiro atoms. The van der Waals surface area contributed by atoms with Crippen LogP contribution in [0, 0.1) is 6.92 Å². The molecule has 0 atom stereocenters. The average molecular weight is 267 g/mol. The van der Waals surface area contributed by atoms with E-state index in [0.717, 1.165) is 12.1 Å². The first-order chi connectivity index (χ1) is 7.09. The molecule has 0 unspecified atom stereocenters. The van der Waals surface area contributed by atoms with Gasteiger partial charge in [0.05, 0.1) is 5.69 Å². The van der Waals surface area contributed by atoms with Crippen LogP contribution < -0.4 is 4.72 Å². The minimum atomic E-state index is -4.60. The Kier molecular flexibility index (Phi) is 3.24. The van der Waals surface area contributed by atoms with Crippen molar-refractivity contribution in [2.45, 2.75) is 11.8 Å². The zero-order chi connectivity index (χ0) is 12.6. The molecule has 0 radical (unpaired) electrons. The third-order valence-corrected chi connectivity index (χ3v) is 3.03. The van der Waals surface area contributed by atoms with Crippen LogP contribution in [-0.4, -0.2) is 25.9 Å². The van der Waals surface area contributed by atoms with Crippen LogP contribution in [0.25, 0.3) is 0 Å². The summed E-state index contributed by atoms with van der Waals surface area (Å²) in [6.45, 7) is 1.56. The second-order valence-corrected chi connectivity index (χ2v) is 5.60. The van der Waals surface area contributed by atoms with E-state index in [0.29, 0.717) is 5.56 Å². The molecule has 0 saturated carbocycles. The summed E-state index contributed by atoms with van der Waals surface area (Å²) in [6, 6.07) is 3.61. The molecular formula is C7H9NO6S2. The van der Waals surface area contributed by atoms with Gasteiger partial charge in [0.25, 0.3) is 10.1 Å². The highest BCUT2D eigenvalue weighted by molar-refractivity contribution is 7.87. The summed E-state index contributed by atoms with van der Waals surface area (Å²) in [4.78, 5) is -0.620. The lowest BCUT2D eigenvalue weighted by atomic mass is 10.2. The lowest BCUT2D eigenvalue weighted by Crippen LogP contribution is -2.13. The minimum Gasteiger partial charge on any atom is -0.282 e. The minimum absolute atomic E-state index is 0.421. The molecule has 16 heavy (non-hydrogen) atoms. The third kappa shape index (κ3) is 3.45. The predicted octanol–water partition coefficient (Wildman–Crippen LogP) is 0.456. The van der Waals surface area contributed by atoms with Crippen LogP contribution in [0.15, 0.2) is 23.1 Å². The summed E-state index contributed by atoms with van der Waals surface area (Å²) < 4.78 is 61.9. The van der Waals surface area contributed by atoms with Gasteiger partial charge < -0.3 is 0 Å². The molecule has 1 aromatic rings. The number of hydrogen-bond acceptors (Lipinski definition) is 4. The molecule has 0 aliphatic heterocycles. The standard InChI is InChI=1S/C7H9NO6S2/c1-5-2-3-6(8-16(12,13)14)7(4-5)15(9,10)11/h2-4,8H,1H3,(H,9,10,11)(H,12,13,14). The highest BCUT2D eigenvalue weighted by Gasteiger charge is 2.18. The van der Waals surface area contributed by atoms with Gasteiger partial charge in [-0.25, -0.2) is 0 Å². The zero-order valence-corrected chi connectivity index (χ0v) is 9.71. The van der Waals surface area contributed by atoms with Gasteiger partial charge in [-0.3, -0.25) is 13.8 Å². The van der Waals surface area contributed by atoms with E-state index in [1.54, 1.807) is 11.6 Å². The molecule has 0 heterocycles. The molecule has 1 aromatic carbocycles. The number of aryl methyl sites for hydroxylation is 1. The van der Waals surface area contributed by atoms with E-state index in [1.165, 1.54) is 6.07 Å². The van der Waals surface area contributed by atoms with Crippen LogP contribution in [0.1, 0.15) is 5.56 Å². The Morgan fingerprint density at radius 3 is 2.12 bits per heavy atom. The van der Waals surface area contributed by atoms with Crippen LogP contribution >= 0.6 is 0 Å². The summed E-state index contributed by atoms with van der Waals surface area (Å²) in [5.41, 5.74) is 0.0871. The maximum atomic E-state index is 10.9. The SMILES string of the molecule is Cc1ccc(NS(=O)(=O)O)c(S(=O)(=O)O)c1. The molecule has 0 saturated heterocycles. The number of nitrogens with one attached hydrogen (secondary N) is 1. The van der Waals surface area contributed by atoms with Gasteiger partial charge in [0.2, 0.25) is 0 Å². The molecule has 7 nitrogen and oxygen atoms in total. The van der Waals surface area contributed by atoms with Crippen LogP contribution in [0.5, 0.6) is 0 Å². The van der Waals surface area contributed by atoms with E-state index in [2.05, 4.69) is 0 Å². The highest BCUT2D eigenvalue weighted by Crippen LogP contribution is 2.23. The van der Waals surface area contributed by atoms with Gasteiger partial charge in [-0.2, -0.15) is 16.8 Å². The molecule has 3 N–H and O–H groups in total. The number of rotatable bonds is 3. The molecule has 0 amide bonds. The van der Waals surface area contributed by atoms with Crippen LogP contribution in [0.2, 0.25) is 0 Å². The van der Waals surface area contributed by atoms with Crippen molar-refractivity contribution >= 4 is 26.1 Å². The number of hydrogen-bond donors (Lipinski definition) is 3. The number of benzene rings is 1. The Balaban J connectivity index is 3.41. The maximum absolute atomic E-state index is 10.9. The van der Waals surface area contributed by atoms with Crippen molar-refractivity contribution in [2.75, 3.05) is 4.72 Å². The third-order valence-electron chi connectivity index (χ3n) is 1.65. The molecule has 0 aliphatic rings. The Morgan fingerprint density at radius 2 is 1.69 bits per heavy atom. The van der Waals surface area contributed by atoms with Gasteiger partial charge in [0.1, 0.15) is 4.90 Å². The molecule has 9 heteroatoms. The summed E-state index contributed by atoms with van der Waals surface area (Å²) >= 11 is 0. The Hall–Kier alpha value is -1.16. The fraction of sp³-hybridized carbons (Fsp3) is 0.143. The van der Waals surface area contributed by atoms with Crippen molar-refractivity contribution in [3.63, 3.8) is 0 Å². The van der Waals surface area contributed by atoms with Gasteiger partial charge in [0.15, 0.2) is 0 Å². The quantitative estimate of drug-likeness (QED) is 0.684. The second-order valence-electron chi connectivity index (χ2n) is 3.05. The van der Waals surface area contributed by atoms with Crippen molar-refractivity contribution in [3.8, 4) is 0 Å². The van der Waals surface area contributed by atoms with Gasteiger partial charge in [0, 0.05) is 0 Å². The lowest BCUT2D eigenvalue weighted by Gasteiger charge is -2.08. The van der Waals surface area contributed by atoms with Crippen molar-refractivity contribution in [1.29, 1.82) is 0 Å². The van der Waals surface area contributed by atoms with Gasteiger partial charge >= 0.3 is 10.3 Å². The van der Waals surface area contributed by atoms with Crippen LogP contribution in [-0.2, 0) is 20.4 Å². The van der Waals surface area contributed by atoms with E-state index in [9.17, 15) is 16.8 Å². The molecule has 90 valence electrons. The number of anilines is 1. The second kappa shape index (κ2) is 4.01. The van der Waals surface area contributed by atoms with Crippen molar-refractivity contribution < 1.29 is 25.9 Å². The zero-order valence-electron chi connectivity index (χ0n) is 8.08. The smallest absolute Gasteiger partial charge is 0.282 e. The van der Waals surface area contributed by atoms with Crippen molar-refractivity contribution in [3.05, 3.63) is 23.8 Å². The Bertz CT molecular complexity index is 604. The first-order valence-electron chi connectivity index (χ1n) is 3.93. The van der Waals surface area contributed by atoms with E-state index in [1.807, 2.05) is 0 Å². The molecule has 0 bridgehead atoms.